The highest BCUT2D eigenvalue weighted by Gasteiger charge is 2.21. The van der Waals surface area contributed by atoms with E-state index in [9.17, 15) is 9.59 Å². The topological polar surface area (TPSA) is 78.9 Å². The molecule has 0 radical (unpaired) electrons. The van der Waals surface area contributed by atoms with Crippen LogP contribution in [-0.4, -0.2) is 61.8 Å². The first-order valence-corrected chi connectivity index (χ1v) is 5.73. The molecular formula is C11H22N2O4. The number of carbonyl (C=O) groups excluding carboxylic acids is 1. The number of hydrogen-bond acceptors (Lipinski definition) is 4. The van der Waals surface area contributed by atoms with Crippen molar-refractivity contribution in [2.24, 2.45) is 5.92 Å². The van der Waals surface area contributed by atoms with Gasteiger partial charge in [0.15, 0.2) is 0 Å². The Hall–Kier alpha value is -1.14. The molecular weight excluding hydrogens is 224 g/mol. The van der Waals surface area contributed by atoms with E-state index in [0.29, 0.717) is 19.7 Å². The fourth-order valence-corrected chi connectivity index (χ4v) is 1.39. The van der Waals surface area contributed by atoms with Crippen molar-refractivity contribution < 1.29 is 19.4 Å². The normalized spacial score (nSPS) is 12.2. The van der Waals surface area contributed by atoms with Crippen molar-refractivity contribution in [3.05, 3.63) is 0 Å². The maximum Gasteiger partial charge on any atom is 0.323 e. The predicted octanol–water partition coefficient (Wildman–Crippen LogP) is -0.208. The fourth-order valence-electron chi connectivity index (χ4n) is 1.39. The average molecular weight is 246 g/mol. The molecule has 0 spiro atoms. The molecule has 0 bridgehead atoms. The lowest BCUT2D eigenvalue weighted by molar-refractivity contribution is -0.146. The summed E-state index contributed by atoms with van der Waals surface area (Å²) in [7, 11) is 1.52. The Labute approximate surface area is 102 Å². The number of aliphatic carboxylic acids is 1. The first-order valence-electron chi connectivity index (χ1n) is 5.73. The summed E-state index contributed by atoms with van der Waals surface area (Å²) in [5.74, 6) is -1.40. The molecule has 2 N–H and O–H groups in total. The zero-order valence-electron chi connectivity index (χ0n) is 10.7. The van der Waals surface area contributed by atoms with Gasteiger partial charge in [0, 0.05) is 26.1 Å². The van der Waals surface area contributed by atoms with Gasteiger partial charge in [0.2, 0.25) is 5.91 Å². The number of nitrogens with zero attached hydrogens (tertiary/aromatic N) is 1. The second-order valence-electron chi connectivity index (χ2n) is 3.86. The highest BCUT2D eigenvalue weighted by atomic mass is 16.5. The van der Waals surface area contributed by atoms with Crippen LogP contribution in [0.2, 0.25) is 0 Å². The van der Waals surface area contributed by atoms with E-state index in [4.69, 9.17) is 9.84 Å². The van der Waals surface area contributed by atoms with Crippen molar-refractivity contribution in [3.8, 4) is 0 Å². The highest BCUT2D eigenvalue weighted by Crippen LogP contribution is 2.02. The summed E-state index contributed by atoms with van der Waals surface area (Å²) < 4.78 is 4.86. The number of ether oxygens (including phenoxy) is 1. The number of rotatable bonds is 9. The van der Waals surface area contributed by atoms with Gasteiger partial charge in [0.25, 0.3) is 0 Å². The predicted molar refractivity (Wildman–Crippen MR) is 63.8 cm³/mol. The van der Waals surface area contributed by atoms with Gasteiger partial charge in [-0.25, -0.2) is 0 Å². The third-order valence-corrected chi connectivity index (χ3v) is 2.33. The van der Waals surface area contributed by atoms with Crippen molar-refractivity contribution in [2.45, 2.75) is 13.8 Å². The molecule has 0 aromatic heterocycles. The first-order chi connectivity index (χ1) is 8.02. The third-order valence-electron chi connectivity index (χ3n) is 2.33. The summed E-state index contributed by atoms with van der Waals surface area (Å²) in [4.78, 5) is 23.9. The van der Waals surface area contributed by atoms with Crippen LogP contribution in [0.3, 0.4) is 0 Å². The molecule has 0 saturated carbocycles. The third kappa shape index (κ3) is 6.91. The van der Waals surface area contributed by atoms with Crippen LogP contribution in [0.15, 0.2) is 0 Å². The summed E-state index contributed by atoms with van der Waals surface area (Å²) in [5.41, 5.74) is 0. The highest BCUT2D eigenvalue weighted by molar-refractivity contribution is 5.83. The van der Waals surface area contributed by atoms with Crippen molar-refractivity contribution in [2.75, 3.05) is 39.9 Å². The Morgan fingerprint density at radius 3 is 2.59 bits per heavy atom. The van der Waals surface area contributed by atoms with Crippen molar-refractivity contribution in [1.29, 1.82) is 0 Å². The minimum atomic E-state index is -1.01. The van der Waals surface area contributed by atoms with E-state index in [2.05, 4.69) is 5.32 Å². The molecule has 1 amide bonds. The van der Waals surface area contributed by atoms with E-state index in [1.165, 1.54) is 12.0 Å². The van der Waals surface area contributed by atoms with Crippen LogP contribution in [0.1, 0.15) is 13.8 Å². The van der Waals surface area contributed by atoms with Gasteiger partial charge in [-0.2, -0.15) is 0 Å². The molecule has 6 nitrogen and oxygen atoms in total. The maximum absolute atomic E-state index is 12.0. The number of carboxylic acids is 1. The molecule has 1 atom stereocenters. The molecule has 0 heterocycles. The van der Waals surface area contributed by atoms with Crippen LogP contribution in [-0.2, 0) is 14.3 Å². The van der Waals surface area contributed by atoms with Gasteiger partial charge < -0.3 is 20.1 Å². The maximum atomic E-state index is 12.0. The quantitative estimate of drug-likeness (QED) is 0.588. The molecule has 17 heavy (non-hydrogen) atoms. The van der Waals surface area contributed by atoms with Gasteiger partial charge in [-0.05, 0) is 6.54 Å². The molecule has 100 valence electrons. The zero-order valence-corrected chi connectivity index (χ0v) is 10.7. The average Bonchev–Trinajstić information content (AvgIpc) is 2.29. The van der Waals surface area contributed by atoms with Crippen molar-refractivity contribution in [1.82, 2.24) is 10.2 Å². The molecule has 0 aromatic rings. The molecule has 1 unspecified atom stereocenters. The Balaban J connectivity index is 4.33. The van der Waals surface area contributed by atoms with Gasteiger partial charge in [0.05, 0.1) is 6.61 Å². The van der Waals surface area contributed by atoms with Crippen LogP contribution < -0.4 is 5.32 Å². The number of methoxy groups -OCH3 is 1. The van der Waals surface area contributed by atoms with Gasteiger partial charge in [-0.15, -0.1) is 0 Å². The molecule has 0 aliphatic rings. The number of amides is 1. The fraction of sp³-hybridized carbons (Fsp3) is 0.818. The number of carbonyl (C=O) groups is 2. The molecule has 0 rings (SSSR count). The Morgan fingerprint density at radius 1 is 1.47 bits per heavy atom. The monoisotopic (exact) mass is 246 g/mol. The second-order valence-corrected chi connectivity index (χ2v) is 3.86. The minimum Gasteiger partial charge on any atom is -0.480 e. The largest absolute Gasteiger partial charge is 0.480 e. The van der Waals surface area contributed by atoms with Crippen molar-refractivity contribution >= 4 is 11.9 Å². The first kappa shape index (κ1) is 15.9. The lowest BCUT2D eigenvalue weighted by Crippen LogP contribution is -2.43. The molecule has 0 fully saturated rings. The number of hydrogen-bond donors (Lipinski definition) is 2. The summed E-state index contributed by atoms with van der Waals surface area (Å²) in [5, 5.41) is 11.8. The van der Waals surface area contributed by atoms with E-state index < -0.39 is 5.97 Å². The molecule has 0 aromatic carbocycles. The zero-order chi connectivity index (χ0) is 13.3. The second kappa shape index (κ2) is 8.95. The molecule has 0 saturated heterocycles. The Kier molecular flexibility index (Phi) is 8.35. The smallest absolute Gasteiger partial charge is 0.323 e. The van der Waals surface area contributed by atoms with Crippen LogP contribution in [0, 0.1) is 5.92 Å². The number of carboxylic acid groups (broad SMARTS) is 1. The van der Waals surface area contributed by atoms with Gasteiger partial charge >= 0.3 is 5.97 Å². The molecule has 0 aliphatic carbocycles. The van der Waals surface area contributed by atoms with Crippen molar-refractivity contribution in [3.63, 3.8) is 0 Å². The van der Waals surface area contributed by atoms with E-state index in [1.54, 1.807) is 6.92 Å². The van der Waals surface area contributed by atoms with Crippen LogP contribution in [0.4, 0.5) is 0 Å². The lowest BCUT2D eigenvalue weighted by Gasteiger charge is -2.24. The summed E-state index contributed by atoms with van der Waals surface area (Å²) >= 11 is 0. The lowest BCUT2D eigenvalue weighted by atomic mass is 10.1. The Bertz CT molecular complexity index is 246. The molecule has 6 heteroatoms. The van der Waals surface area contributed by atoms with E-state index in [1.807, 2.05) is 6.92 Å². The summed E-state index contributed by atoms with van der Waals surface area (Å²) in [6.45, 7) is 5.44. The summed E-state index contributed by atoms with van der Waals surface area (Å²) in [6, 6.07) is 0. The van der Waals surface area contributed by atoms with E-state index in [0.717, 1.165) is 6.54 Å². The van der Waals surface area contributed by atoms with Crippen LogP contribution in [0.5, 0.6) is 0 Å². The van der Waals surface area contributed by atoms with Gasteiger partial charge in [-0.3, -0.25) is 9.59 Å². The SMILES string of the molecule is CCNCC(C)C(=O)N(CCOC)CC(=O)O. The van der Waals surface area contributed by atoms with E-state index in [-0.39, 0.29) is 18.4 Å². The van der Waals surface area contributed by atoms with Crippen LogP contribution in [0.25, 0.3) is 0 Å². The number of nitrogens with one attached hydrogen (secondary N) is 1. The molecule has 0 aliphatic heterocycles. The Morgan fingerprint density at radius 2 is 2.12 bits per heavy atom. The summed E-state index contributed by atoms with van der Waals surface area (Å²) in [6.07, 6.45) is 0. The van der Waals surface area contributed by atoms with Crippen LogP contribution >= 0.6 is 0 Å². The minimum absolute atomic E-state index is 0.162. The standard InChI is InChI=1S/C11H22N2O4/c1-4-12-7-9(2)11(16)13(5-6-17-3)8-10(14)15/h9,12H,4-8H2,1-3H3,(H,14,15). The van der Waals surface area contributed by atoms with Gasteiger partial charge in [0.1, 0.15) is 6.54 Å². The van der Waals surface area contributed by atoms with Gasteiger partial charge in [-0.1, -0.05) is 13.8 Å². The van der Waals surface area contributed by atoms with E-state index >= 15 is 0 Å².